The van der Waals surface area contributed by atoms with E-state index in [0.29, 0.717) is 10.8 Å². The zero-order valence-electron chi connectivity index (χ0n) is 11.6. The van der Waals surface area contributed by atoms with E-state index in [1.807, 2.05) is 6.92 Å². The lowest BCUT2D eigenvalue weighted by molar-refractivity contribution is 0.0696. The number of carboxylic acid groups (broad SMARTS) is 1. The van der Waals surface area contributed by atoms with Gasteiger partial charge in [-0.1, -0.05) is 26.7 Å². The molecule has 1 aliphatic rings. The van der Waals surface area contributed by atoms with Crippen molar-refractivity contribution in [3.05, 3.63) is 23.4 Å². The molecule has 0 aromatic carbocycles. The number of carbonyl (C=O) groups is 1. The summed E-state index contributed by atoms with van der Waals surface area (Å²) in [4.78, 5) is 15.7. The maximum atomic E-state index is 11.1. The summed E-state index contributed by atoms with van der Waals surface area (Å²) in [5, 5.41) is 10.6. The van der Waals surface area contributed by atoms with Gasteiger partial charge in [-0.15, -0.1) is 11.8 Å². The summed E-state index contributed by atoms with van der Waals surface area (Å²) in [6.45, 7) is 4.30. The predicted molar refractivity (Wildman–Crippen MR) is 77.9 cm³/mol. The van der Waals surface area contributed by atoms with Gasteiger partial charge < -0.3 is 5.11 Å². The highest BCUT2D eigenvalue weighted by Gasteiger charge is 2.21. The molecule has 0 spiro atoms. The van der Waals surface area contributed by atoms with E-state index >= 15 is 0 Å². The van der Waals surface area contributed by atoms with Crippen molar-refractivity contribution >= 4 is 17.7 Å². The zero-order valence-corrected chi connectivity index (χ0v) is 12.4. The van der Waals surface area contributed by atoms with Gasteiger partial charge in [0.1, 0.15) is 0 Å². The molecule has 2 unspecified atom stereocenters. The molecule has 2 atom stereocenters. The number of aromatic carboxylic acids is 1. The highest BCUT2D eigenvalue weighted by molar-refractivity contribution is 7.99. The third-order valence-corrected chi connectivity index (χ3v) is 4.85. The van der Waals surface area contributed by atoms with Crippen molar-refractivity contribution in [1.29, 1.82) is 0 Å². The van der Waals surface area contributed by atoms with Crippen molar-refractivity contribution < 1.29 is 9.90 Å². The van der Waals surface area contributed by atoms with E-state index in [4.69, 9.17) is 5.11 Å². The van der Waals surface area contributed by atoms with Gasteiger partial charge in [-0.3, -0.25) is 0 Å². The second-order valence-corrected chi connectivity index (χ2v) is 6.68. The quantitative estimate of drug-likeness (QED) is 0.904. The van der Waals surface area contributed by atoms with Gasteiger partial charge in [-0.25, -0.2) is 9.78 Å². The minimum Gasteiger partial charge on any atom is -0.478 e. The minimum atomic E-state index is -0.865. The highest BCUT2D eigenvalue weighted by atomic mass is 32.2. The number of thioether (sulfide) groups is 1. The molecule has 1 N–H and O–H groups in total. The summed E-state index contributed by atoms with van der Waals surface area (Å²) in [6, 6.07) is 3.39. The third-order valence-electron chi connectivity index (χ3n) is 3.64. The number of nitrogens with zero attached hydrogens (tertiary/aromatic N) is 1. The Morgan fingerprint density at radius 2 is 2.26 bits per heavy atom. The molecule has 0 bridgehead atoms. The Balaban J connectivity index is 2.14. The van der Waals surface area contributed by atoms with Crippen LogP contribution in [-0.2, 0) is 6.42 Å². The van der Waals surface area contributed by atoms with Crippen molar-refractivity contribution in [2.75, 3.05) is 0 Å². The van der Waals surface area contributed by atoms with E-state index in [2.05, 4.69) is 11.9 Å². The first-order valence-corrected chi connectivity index (χ1v) is 7.87. The monoisotopic (exact) mass is 279 g/mol. The number of pyridine rings is 1. The lowest BCUT2D eigenvalue weighted by Crippen LogP contribution is -2.15. The van der Waals surface area contributed by atoms with Gasteiger partial charge in [-0.2, -0.15) is 0 Å². The fourth-order valence-corrected chi connectivity index (χ4v) is 4.00. The van der Waals surface area contributed by atoms with Crippen LogP contribution < -0.4 is 0 Å². The van der Waals surface area contributed by atoms with Gasteiger partial charge in [0.05, 0.1) is 10.6 Å². The normalized spacial score (nSPS) is 23.3. The smallest absolute Gasteiger partial charge is 0.335 e. The first-order chi connectivity index (χ1) is 9.08. The zero-order chi connectivity index (χ0) is 13.8. The van der Waals surface area contributed by atoms with Crippen LogP contribution in [0.4, 0.5) is 0 Å². The van der Waals surface area contributed by atoms with Crippen LogP contribution in [0.25, 0.3) is 0 Å². The number of hydrogen-bond donors (Lipinski definition) is 1. The van der Waals surface area contributed by atoms with Gasteiger partial charge >= 0.3 is 5.97 Å². The van der Waals surface area contributed by atoms with E-state index in [9.17, 15) is 4.79 Å². The van der Waals surface area contributed by atoms with Gasteiger partial charge in [0.2, 0.25) is 0 Å². The van der Waals surface area contributed by atoms with E-state index in [1.54, 1.807) is 23.9 Å². The van der Waals surface area contributed by atoms with Crippen LogP contribution in [0.3, 0.4) is 0 Å². The molecule has 1 aromatic heterocycles. The van der Waals surface area contributed by atoms with Gasteiger partial charge in [0.15, 0.2) is 0 Å². The Labute approximate surface area is 118 Å². The summed E-state index contributed by atoms with van der Waals surface area (Å²) in [5.74, 6) is -0.0875. The second-order valence-electron chi connectivity index (χ2n) is 5.36. The molecular formula is C15H21NO2S. The number of aryl methyl sites for hydroxylation is 1. The molecule has 0 aliphatic heterocycles. The Hall–Kier alpha value is -1.03. The van der Waals surface area contributed by atoms with Crippen LogP contribution in [0, 0.1) is 5.92 Å². The lowest BCUT2D eigenvalue weighted by Gasteiger charge is -2.25. The van der Waals surface area contributed by atoms with E-state index in [1.165, 1.54) is 25.7 Å². The maximum absolute atomic E-state index is 11.1. The molecule has 0 amide bonds. The highest BCUT2D eigenvalue weighted by Crippen LogP contribution is 2.35. The molecule has 2 rings (SSSR count). The van der Waals surface area contributed by atoms with Crippen LogP contribution in [0.5, 0.6) is 0 Å². The van der Waals surface area contributed by atoms with Crippen molar-refractivity contribution in [1.82, 2.24) is 4.98 Å². The molecule has 1 aliphatic carbocycles. The predicted octanol–water partition coefficient (Wildman–Crippen LogP) is 4.01. The van der Waals surface area contributed by atoms with Crippen molar-refractivity contribution in [3.63, 3.8) is 0 Å². The average molecular weight is 279 g/mol. The van der Waals surface area contributed by atoms with Crippen LogP contribution in [0.1, 0.15) is 55.6 Å². The van der Waals surface area contributed by atoms with Crippen molar-refractivity contribution in [3.8, 4) is 0 Å². The first-order valence-electron chi connectivity index (χ1n) is 6.99. The largest absolute Gasteiger partial charge is 0.478 e. The lowest BCUT2D eigenvalue weighted by atomic mass is 9.91. The number of hydrogen-bond acceptors (Lipinski definition) is 3. The number of aromatic nitrogens is 1. The fraction of sp³-hybridized carbons (Fsp3) is 0.600. The van der Waals surface area contributed by atoms with E-state index < -0.39 is 5.97 Å². The van der Waals surface area contributed by atoms with Crippen molar-refractivity contribution in [2.24, 2.45) is 5.92 Å². The van der Waals surface area contributed by atoms with Crippen LogP contribution >= 0.6 is 11.8 Å². The van der Waals surface area contributed by atoms with Crippen molar-refractivity contribution in [2.45, 2.75) is 56.2 Å². The molecule has 0 saturated heterocycles. The Morgan fingerprint density at radius 1 is 1.47 bits per heavy atom. The van der Waals surface area contributed by atoms with Gasteiger partial charge in [0.25, 0.3) is 0 Å². The third kappa shape index (κ3) is 3.96. The molecule has 0 radical (unpaired) electrons. The minimum absolute atomic E-state index is 0.359. The first kappa shape index (κ1) is 14.4. The van der Waals surface area contributed by atoms with Crippen LogP contribution in [-0.4, -0.2) is 21.3 Å². The average Bonchev–Trinajstić information content (AvgIpc) is 2.38. The molecule has 19 heavy (non-hydrogen) atoms. The Bertz CT molecular complexity index is 461. The number of rotatable bonds is 4. The maximum Gasteiger partial charge on any atom is 0.335 e. The Morgan fingerprint density at radius 3 is 2.89 bits per heavy atom. The van der Waals surface area contributed by atoms with Gasteiger partial charge in [-0.05, 0) is 37.3 Å². The Kier molecular flexibility index (Phi) is 4.86. The summed E-state index contributed by atoms with van der Waals surface area (Å²) in [7, 11) is 0. The molecule has 104 valence electrons. The molecular weight excluding hydrogens is 258 g/mol. The molecule has 1 saturated carbocycles. The van der Waals surface area contributed by atoms with E-state index in [0.717, 1.165) is 23.1 Å². The van der Waals surface area contributed by atoms with E-state index in [-0.39, 0.29) is 0 Å². The topological polar surface area (TPSA) is 50.2 Å². The standard InChI is InChI=1S/C15H21NO2S/c1-3-12-8-11(15(17)18)9-14(16-12)19-13-6-4-5-10(2)7-13/h8-10,13H,3-7H2,1-2H3,(H,17,18). The van der Waals surface area contributed by atoms with Gasteiger partial charge in [0, 0.05) is 10.9 Å². The fourth-order valence-electron chi connectivity index (χ4n) is 2.58. The summed E-state index contributed by atoms with van der Waals surface area (Å²) in [6.07, 6.45) is 5.80. The summed E-state index contributed by atoms with van der Waals surface area (Å²) in [5.41, 5.74) is 1.23. The summed E-state index contributed by atoms with van der Waals surface area (Å²) < 4.78 is 0. The SMILES string of the molecule is CCc1cc(C(=O)O)cc(SC2CCCC(C)C2)n1. The van der Waals surface area contributed by atoms with Crippen LogP contribution in [0.2, 0.25) is 0 Å². The summed E-state index contributed by atoms with van der Waals surface area (Å²) >= 11 is 1.75. The molecule has 1 aromatic rings. The molecule has 4 heteroatoms. The second kappa shape index (κ2) is 6.42. The van der Waals surface area contributed by atoms with Crippen LogP contribution in [0.15, 0.2) is 17.2 Å². The molecule has 1 fully saturated rings. The molecule has 1 heterocycles. The number of carboxylic acids is 1. The molecule has 3 nitrogen and oxygen atoms in total.